The lowest BCUT2D eigenvalue weighted by atomic mass is 9.65. The molecule has 2 aliphatic carbocycles. The Kier molecular flexibility index (Phi) is 2.79. The lowest BCUT2D eigenvalue weighted by Gasteiger charge is -2.42. The summed E-state index contributed by atoms with van der Waals surface area (Å²) in [4.78, 5) is 23.5. The van der Waals surface area contributed by atoms with Gasteiger partial charge in [0.15, 0.2) is 0 Å². The monoisotopic (exact) mass is 364 g/mol. The van der Waals surface area contributed by atoms with Crippen molar-refractivity contribution >= 4 is 33.9 Å². The van der Waals surface area contributed by atoms with E-state index in [1.54, 1.807) is 6.07 Å². The minimum absolute atomic E-state index is 0.224. The van der Waals surface area contributed by atoms with Gasteiger partial charge in [-0.1, -0.05) is 28.1 Å². The smallest absolute Gasteiger partial charge is 0.322 e. The molecule has 0 atom stereocenters. The Morgan fingerprint density at radius 3 is 2.50 bits per heavy atom. The number of amides is 3. The molecule has 0 bridgehead atoms. The van der Waals surface area contributed by atoms with E-state index in [1.165, 1.54) is 6.07 Å². The summed E-state index contributed by atoms with van der Waals surface area (Å²) in [5.41, 5.74) is 0.520. The fourth-order valence-electron chi connectivity index (χ4n) is 3.99. The second-order valence-corrected chi connectivity index (χ2v) is 7.12. The van der Waals surface area contributed by atoms with Crippen LogP contribution in [0.25, 0.3) is 6.08 Å². The molecule has 3 amide bonds. The van der Waals surface area contributed by atoms with Crippen molar-refractivity contribution in [2.75, 3.05) is 0 Å². The maximum absolute atomic E-state index is 14.0. The summed E-state index contributed by atoms with van der Waals surface area (Å²) in [6.45, 7) is 0. The number of carbonyl (C=O) groups is 2. The first-order valence-corrected chi connectivity index (χ1v) is 8.06. The molecule has 0 radical (unpaired) electrons. The molecule has 6 heteroatoms. The van der Waals surface area contributed by atoms with Gasteiger partial charge in [-0.2, -0.15) is 0 Å². The Morgan fingerprint density at radius 1 is 1.14 bits per heavy atom. The van der Waals surface area contributed by atoms with Crippen molar-refractivity contribution in [3.05, 3.63) is 39.6 Å². The molecular formula is C16H14BrFN2O2. The van der Waals surface area contributed by atoms with E-state index in [4.69, 9.17) is 0 Å². The van der Waals surface area contributed by atoms with Crippen molar-refractivity contribution in [1.29, 1.82) is 0 Å². The number of fused-ring (bicyclic) bond motifs is 2. The summed E-state index contributed by atoms with van der Waals surface area (Å²) in [6.07, 6.45) is 4.31. The van der Waals surface area contributed by atoms with E-state index in [1.807, 2.05) is 12.1 Å². The summed E-state index contributed by atoms with van der Waals surface area (Å²) in [5, 5.41) is 5.09. The zero-order valence-corrected chi connectivity index (χ0v) is 13.3. The number of benzene rings is 1. The van der Waals surface area contributed by atoms with Crippen LogP contribution in [0, 0.1) is 5.82 Å². The third-order valence-corrected chi connectivity index (χ3v) is 6.26. The molecule has 1 aromatic carbocycles. The topological polar surface area (TPSA) is 58.2 Å². The summed E-state index contributed by atoms with van der Waals surface area (Å²) in [6, 6.07) is 4.72. The van der Waals surface area contributed by atoms with Gasteiger partial charge in [0.05, 0.1) is 0 Å². The van der Waals surface area contributed by atoms with E-state index in [2.05, 4.69) is 26.6 Å². The van der Waals surface area contributed by atoms with Crippen LogP contribution in [0.3, 0.4) is 0 Å². The van der Waals surface area contributed by atoms with Gasteiger partial charge in [0.25, 0.3) is 5.91 Å². The summed E-state index contributed by atoms with van der Waals surface area (Å²) >= 11 is 3.60. The molecule has 4 nitrogen and oxygen atoms in total. The lowest BCUT2D eigenvalue weighted by molar-refractivity contribution is -0.125. The molecule has 2 fully saturated rings. The molecule has 1 saturated heterocycles. The van der Waals surface area contributed by atoms with Gasteiger partial charge in [-0.15, -0.1) is 0 Å². The van der Waals surface area contributed by atoms with Crippen LogP contribution in [0.4, 0.5) is 9.18 Å². The highest BCUT2D eigenvalue weighted by Gasteiger charge is 2.54. The minimum atomic E-state index is -0.800. The average molecular weight is 365 g/mol. The molecule has 1 aliphatic heterocycles. The van der Waals surface area contributed by atoms with E-state index in [-0.39, 0.29) is 17.1 Å². The van der Waals surface area contributed by atoms with Crippen molar-refractivity contribution < 1.29 is 14.0 Å². The molecule has 4 rings (SSSR count). The van der Waals surface area contributed by atoms with Gasteiger partial charge in [-0.05, 0) is 43.4 Å². The highest BCUT2D eigenvalue weighted by atomic mass is 79.9. The Hall–Kier alpha value is -1.69. The first kappa shape index (κ1) is 13.9. The van der Waals surface area contributed by atoms with Crippen LogP contribution < -0.4 is 10.6 Å². The summed E-state index contributed by atoms with van der Waals surface area (Å²) in [5.74, 6) is -0.469. The van der Waals surface area contributed by atoms with Crippen molar-refractivity contribution in [2.24, 2.45) is 0 Å². The molecule has 22 heavy (non-hydrogen) atoms. The molecule has 1 aromatic rings. The van der Waals surface area contributed by atoms with E-state index < -0.39 is 11.6 Å². The SMILES string of the molecule is O=C1NC(=O)C2(CCC3(CC2)C(Br)=Cc2c(F)cccc23)N1. The van der Waals surface area contributed by atoms with Gasteiger partial charge in [0.1, 0.15) is 11.4 Å². The van der Waals surface area contributed by atoms with E-state index in [0.717, 1.165) is 10.0 Å². The average Bonchev–Trinajstić information content (AvgIpc) is 2.91. The van der Waals surface area contributed by atoms with Gasteiger partial charge in [-0.3, -0.25) is 10.1 Å². The van der Waals surface area contributed by atoms with Crippen LogP contribution in [-0.4, -0.2) is 17.5 Å². The predicted octanol–water partition coefficient (Wildman–Crippen LogP) is 2.97. The number of imide groups is 1. The largest absolute Gasteiger partial charge is 0.323 e. The second kappa shape index (κ2) is 4.41. The van der Waals surface area contributed by atoms with E-state index in [9.17, 15) is 14.0 Å². The number of halogens is 2. The summed E-state index contributed by atoms with van der Waals surface area (Å²) in [7, 11) is 0. The number of nitrogens with one attached hydrogen (secondary N) is 2. The molecule has 2 spiro atoms. The number of hydrogen-bond acceptors (Lipinski definition) is 2. The second-order valence-electron chi connectivity index (χ2n) is 6.27. The standard InChI is InChI=1S/C16H14BrFN2O2/c17-12-8-9-10(2-1-3-11(9)18)15(12)4-6-16(7-5-15)13(21)19-14(22)20-16/h1-3,8H,4-7H2,(H2,19,20,21,22). The molecule has 114 valence electrons. The van der Waals surface area contributed by atoms with Crippen molar-refractivity contribution in [3.63, 3.8) is 0 Å². The fourth-order valence-corrected chi connectivity index (χ4v) is 4.83. The summed E-state index contributed by atoms with van der Waals surface area (Å²) < 4.78 is 15.0. The normalized spacial score (nSPS) is 32.9. The predicted molar refractivity (Wildman–Crippen MR) is 82.9 cm³/mol. The molecule has 1 heterocycles. The number of urea groups is 1. The molecule has 3 aliphatic rings. The number of rotatable bonds is 0. The third kappa shape index (κ3) is 1.67. The van der Waals surface area contributed by atoms with Crippen molar-refractivity contribution in [1.82, 2.24) is 10.6 Å². The molecular weight excluding hydrogens is 351 g/mol. The first-order valence-electron chi connectivity index (χ1n) is 7.27. The van der Waals surface area contributed by atoms with Crippen LogP contribution in [-0.2, 0) is 10.2 Å². The number of allylic oxidation sites excluding steroid dienone is 1. The zero-order chi connectivity index (χ0) is 15.5. The van der Waals surface area contributed by atoms with Crippen LogP contribution in [0.5, 0.6) is 0 Å². The maximum Gasteiger partial charge on any atom is 0.322 e. The first-order chi connectivity index (χ1) is 10.5. The van der Waals surface area contributed by atoms with Gasteiger partial charge in [0, 0.05) is 15.5 Å². The highest BCUT2D eigenvalue weighted by Crippen LogP contribution is 2.55. The molecule has 0 aromatic heterocycles. The van der Waals surface area contributed by atoms with Crippen LogP contribution >= 0.6 is 15.9 Å². The van der Waals surface area contributed by atoms with E-state index >= 15 is 0 Å². The Morgan fingerprint density at radius 2 is 1.86 bits per heavy atom. The fraction of sp³-hybridized carbons (Fsp3) is 0.375. The minimum Gasteiger partial charge on any atom is -0.323 e. The maximum atomic E-state index is 14.0. The van der Waals surface area contributed by atoms with Crippen LogP contribution in [0.1, 0.15) is 36.8 Å². The third-order valence-electron chi connectivity index (χ3n) is 5.27. The van der Waals surface area contributed by atoms with Gasteiger partial charge >= 0.3 is 6.03 Å². The Bertz CT molecular complexity index is 736. The van der Waals surface area contributed by atoms with Crippen LogP contribution in [0.15, 0.2) is 22.7 Å². The van der Waals surface area contributed by atoms with E-state index in [0.29, 0.717) is 31.2 Å². The molecule has 1 saturated carbocycles. The Balaban J connectivity index is 1.70. The van der Waals surface area contributed by atoms with Crippen LogP contribution in [0.2, 0.25) is 0 Å². The number of carbonyl (C=O) groups excluding carboxylic acids is 2. The van der Waals surface area contributed by atoms with Crippen molar-refractivity contribution in [2.45, 2.75) is 36.6 Å². The molecule has 0 unspecified atom stereocenters. The Labute approximate surface area is 135 Å². The highest BCUT2D eigenvalue weighted by molar-refractivity contribution is 9.11. The van der Waals surface area contributed by atoms with Gasteiger partial charge in [-0.25, -0.2) is 9.18 Å². The quantitative estimate of drug-likeness (QED) is 0.695. The van der Waals surface area contributed by atoms with Crippen molar-refractivity contribution in [3.8, 4) is 0 Å². The van der Waals surface area contributed by atoms with Gasteiger partial charge < -0.3 is 5.32 Å². The molecule has 2 N–H and O–H groups in total. The number of hydrogen-bond donors (Lipinski definition) is 2. The lowest BCUT2D eigenvalue weighted by Crippen LogP contribution is -2.52. The van der Waals surface area contributed by atoms with Gasteiger partial charge in [0.2, 0.25) is 0 Å². The zero-order valence-electron chi connectivity index (χ0n) is 11.7.